The SMILES string of the molecule is Cc1ccc([C@H](CC(=O)O)NC(=O)Nc2c(O)ccn(Cc3cccc(Cl)c3Cl)c2=O)cc1. The third-order valence-corrected chi connectivity index (χ3v) is 5.78. The van der Waals surface area contributed by atoms with Crippen LogP contribution in [0.1, 0.15) is 29.2 Å². The van der Waals surface area contributed by atoms with Gasteiger partial charge in [-0.15, -0.1) is 0 Å². The third kappa shape index (κ3) is 6.06. The first-order valence-corrected chi connectivity index (χ1v) is 10.6. The van der Waals surface area contributed by atoms with E-state index in [9.17, 15) is 24.6 Å². The van der Waals surface area contributed by atoms with Gasteiger partial charge in [0.15, 0.2) is 5.69 Å². The van der Waals surface area contributed by atoms with E-state index in [1.54, 1.807) is 42.5 Å². The third-order valence-electron chi connectivity index (χ3n) is 4.92. The van der Waals surface area contributed by atoms with Crippen molar-refractivity contribution in [1.82, 2.24) is 9.88 Å². The number of aryl methyl sites for hydroxylation is 1. The Morgan fingerprint density at radius 1 is 1.09 bits per heavy atom. The van der Waals surface area contributed by atoms with Gasteiger partial charge in [-0.05, 0) is 30.2 Å². The van der Waals surface area contributed by atoms with Gasteiger partial charge < -0.3 is 25.4 Å². The number of aromatic hydroxyl groups is 1. The zero-order chi connectivity index (χ0) is 24.1. The summed E-state index contributed by atoms with van der Waals surface area (Å²) >= 11 is 12.2. The Labute approximate surface area is 199 Å². The number of pyridine rings is 1. The standard InChI is InChI=1S/C23H21Cl2N3O5/c1-13-5-7-14(8-6-13)17(11-19(30)31)26-23(33)27-21-18(29)9-10-28(22(21)32)12-15-3-2-4-16(24)20(15)25/h2-10,17,29H,11-12H2,1H3,(H,30,31)(H2,26,27,33)/t17-/m0/s1. The fraction of sp³-hybridized carbons (Fsp3) is 0.174. The Morgan fingerprint density at radius 2 is 1.79 bits per heavy atom. The highest BCUT2D eigenvalue weighted by molar-refractivity contribution is 6.42. The van der Waals surface area contributed by atoms with Gasteiger partial charge in [0.05, 0.1) is 29.1 Å². The number of aliphatic carboxylic acids is 1. The van der Waals surface area contributed by atoms with Crippen LogP contribution in [0.5, 0.6) is 5.75 Å². The smallest absolute Gasteiger partial charge is 0.319 e. The summed E-state index contributed by atoms with van der Waals surface area (Å²) in [6.45, 7) is 1.94. The summed E-state index contributed by atoms with van der Waals surface area (Å²) in [5.74, 6) is -1.54. The van der Waals surface area contributed by atoms with E-state index >= 15 is 0 Å². The molecular formula is C23H21Cl2N3O5. The van der Waals surface area contributed by atoms with E-state index < -0.39 is 29.4 Å². The summed E-state index contributed by atoms with van der Waals surface area (Å²) in [5, 5.41) is 24.9. The van der Waals surface area contributed by atoms with Gasteiger partial charge >= 0.3 is 12.0 Å². The van der Waals surface area contributed by atoms with Gasteiger partial charge in [-0.3, -0.25) is 9.59 Å². The van der Waals surface area contributed by atoms with Gasteiger partial charge in [0.1, 0.15) is 5.75 Å². The Morgan fingerprint density at radius 3 is 2.45 bits per heavy atom. The number of hydrogen-bond donors (Lipinski definition) is 4. The Hall–Kier alpha value is -3.49. The van der Waals surface area contributed by atoms with Gasteiger partial charge in [-0.25, -0.2) is 4.79 Å². The molecule has 0 radical (unpaired) electrons. The van der Waals surface area contributed by atoms with Crippen LogP contribution in [-0.4, -0.2) is 26.8 Å². The van der Waals surface area contributed by atoms with Gasteiger partial charge in [0.2, 0.25) is 0 Å². The summed E-state index contributed by atoms with van der Waals surface area (Å²) < 4.78 is 1.25. The number of anilines is 1. The van der Waals surface area contributed by atoms with Crippen molar-refractivity contribution in [1.29, 1.82) is 0 Å². The highest BCUT2D eigenvalue weighted by Crippen LogP contribution is 2.26. The lowest BCUT2D eigenvalue weighted by molar-refractivity contribution is -0.137. The van der Waals surface area contributed by atoms with Crippen LogP contribution in [0.15, 0.2) is 59.5 Å². The number of carboxylic acids is 1. The molecule has 0 spiro atoms. The van der Waals surface area contributed by atoms with Crippen molar-refractivity contribution in [3.8, 4) is 5.75 Å². The lowest BCUT2D eigenvalue weighted by Gasteiger charge is -2.19. The number of nitrogens with one attached hydrogen (secondary N) is 2. The fourth-order valence-electron chi connectivity index (χ4n) is 3.19. The molecule has 10 heteroatoms. The average molecular weight is 490 g/mol. The summed E-state index contributed by atoms with van der Waals surface area (Å²) in [5.41, 5.74) is 1.11. The predicted molar refractivity (Wildman–Crippen MR) is 126 cm³/mol. The Balaban J connectivity index is 1.82. The van der Waals surface area contributed by atoms with Crippen molar-refractivity contribution in [3.05, 3.63) is 91.8 Å². The van der Waals surface area contributed by atoms with Crippen molar-refractivity contribution in [2.45, 2.75) is 25.9 Å². The lowest BCUT2D eigenvalue weighted by atomic mass is 10.0. The van der Waals surface area contributed by atoms with E-state index in [0.717, 1.165) is 5.56 Å². The second-order valence-electron chi connectivity index (χ2n) is 7.38. The second kappa shape index (κ2) is 10.4. The fourth-order valence-corrected chi connectivity index (χ4v) is 3.57. The summed E-state index contributed by atoms with van der Waals surface area (Å²) in [4.78, 5) is 36.8. The van der Waals surface area contributed by atoms with Gasteiger partial charge in [0, 0.05) is 6.20 Å². The normalized spacial score (nSPS) is 11.6. The molecule has 8 nitrogen and oxygen atoms in total. The lowest BCUT2D eigenvalue weighted by Crippen LogP contribution is -2.36. The number of urea groups is 1. The summed E-state index contributed by atoms with van der Waals surface area (Å²) in [6, 6.07) is 11.6. The number of rotatable bonds is 7. The maximum absolute atomic E-state index is 12.9. The van der Waals surface area contributed by atoms with Crippen LogP contribution in [0.3, 0.4) is 0 Å². The van der Waals surface area contributed by atoms with Gasteiger partial charge in [-0.1, -0.05) is 65.2 Å². The van der Waals surface area contributed by atoms with Crippen LogP contribution in [0.4, 0.5) is 10.5 Å². The summed E-state index contributed by atoms with van der Waals surface area (Å²) in [6.07, 6.45) is 0.992. The Bertz CT molecular complexity index is 1240. The number of amides is 2. The second-order valence-corrected chi connectivity index (χ2v) is 8.17. The van der Waals surface area contributed by atoms with E-state index in [-0.39, 0.29) is 18.7 Å². The monoisotopic (exact) mass is 489 g/mol. The number of carbonyl (C=O) groups is 2. The van der Waals surface area contributed by atoms with E-state index in [4.69, 9.17) is 23.2 Å². The number of carboxylic acid groups (broad SMARTS) is 1. The molecule has 0 aliphatic rings. The molecule has 0 aliphatic carbocycles. The first-order chi connectivity index (χ1) is 15.7. The highest BCUT2D eigenvalue weighted by Gasteiger charge is 2.20. The van der Waals surface area contributed by atoms with Crippen LogP contribution < -0.4 is 16.2 Å². The van der Waals surface area contributed by atoms with Gasteiger partial charge in [0.25, 0.3) is 5.56 Å². The molecule has 3 aromatic rings. The van der Waals surface area contributed by atoms with E-state index in [0.29, 0.717) is 21.2 Å². The van der Waals surface area contributed by atoms with Crippen molar-refractivity contribution in [2.24, 2.45) is 0 Å². The van der Waals surface area contributed by atoms with E-state index in [1.807, 2.05) is 6.92 Å². The first-order valence-electron chi connectivity index (χ1n) is 9.87. The van der Waals surface area contributed by atoms with Crippen LogP contribution in [-0.2, 0) is 11.3 Å². The highest BCUT2D eigenvalue weighted by atomic mass is 35.5. The molecule has 0 bridgehead atoms. The quantitative estimate of drug-likeness (QED) is 0.387. The first kappa shape index (κ1) is 24.2. The Kier molecular flexibility index (Phi) is 7.63. The van der Waals surface area contributed by atoms with Crippen LogP contribution in [0, 0.1) is 6.92 Å². The molecule has 0 aliphatic heterocycles. The minimum atomic E-state index is -1.11. The largest absolute Gasteiger partial charge is 0.505 e. The number of halogens is 2. The van der Waals surface area contributed by atoms with Crippen LogP contribution in [0.25, 0.3) is 0 Å². The van der Waals surface area contributed by atoms with Crippen molar-refractivity contribution in [3.63, 3.8) is 0 Å². The van der Waals surface area contributed by atoms with Crippen molar-refractivity contribution < 1.29 is 19.8 Å². The molecule has 0 fully saturated rings. The minimum absolute atomic E-state index is 0.0554. The maximum atomic E-state index is 12.9. The molecule has 1 heterocycles. The molecule has 33 heavy (non-hydrogen) atoms. The molecule has 3 rings (SSSR count). The molecule has 4 N–H and O–H groups in total. The van der Waals surface area contributed by atoms with Crippen LogP contribution >= 0.6 is 23.2 Å². The average Bonchev–Trinajstić information content (AvgIpc) is 2.76. The zero-order valence-electron chi connectivity index (χ0n) is 17.5. The van der Waals surface area contributed by atoms with E-state index in [2.05, 4.69) is 10.6 Å². The van der Waals surface area contributed by atoms with E-state index in [1.165, 1.54) is 16.8 Å². The van der Waals surface area contributed by atoms with Crippen molar-refractivity contribution >= 4 is 40.9 Å². The molecule has 2 aromatic carbocycles. The molecule has 0 unspecified atom stereocenters. The van der Waals surface area contributed by atoms with Gasteiger partial charge in [-0.2, -0.15) is 0 Å². The molecule has 172 valence electrons. The number of hydrogen-bond acceptors (Lipinski definition) is 4. The topological polar surface area (TPSA) is 121 Å². The maximum Gasteiger partial charge on any atom is 0.319 e. The number of nitrogens with zero attached hydrogens (tertiary/aromatic N) is 1. The molecule has 0 saturated carbocycles. The molecular weight excluding hydrogens is 469 g/mol. The number of benzene rings is 2. The molecule has 1 atom stereocenters. The predicted octanol–water partition coefficient (Wildman–Crippen LogP) is 4.55. The zero-order valence-corrected chi connectivity index (χ0v) is 19.0. The molecule has 2 amide bonds. The minimum Gasteiger partial charge on any atom is -0.505 e. The molecule has 1 aromatic heterocycles. The summed E-state index contributed by atoms with van der Waals surface area (Å²) in [7, 11) is 0. The number of carbonyl (C=O) groups excluding carboxylic acids is 1. The number of aromatic nitrogens is 1. The molecule has 0 saturated heterocycles. The van der Waals surface area contributed by atoms with Crippen molar-refractivity contribution in [2.75, 3.05) is 5.32 Å². The van der Waals surface area contributed by atoms with Crippen LogP contribution in [0.2, 0.25) is 10.0 Å².